The molecule has 0 atom stereocenters. The van der Waals surface area contributed by atoms with Crippen molar-refractivity contribution in [2.45, 2.75) is 33.1 Å². The fourth-order valence-corrected chi connectivity index (χ4v) is 2.37. The minimum absolute atomic E-state index is 0.387. The first-order valence-corrected chi connectivity index (χ1v) is 6.95. The van der Waals surface area contributed by atoms with Gasteiger partial charge in [0.25, 0.3) is 0 Å². The lowest BCUT2D eigenvalue weighted by molar-refractivity contribution is -0.119. The van der Waals surface area contributed by atoms with Gasteiger partial charge in [-0.1, -0.05) is 13.8 Å². The molecule has 1 aromatic heterocycles. The molecule has 1 rings (SSSR count). The van der Waals surface area contributed by atoms with Gasteiger partial charge >= 0.3 is 0 Å². The molecule has 3 heteroatoms. The van der Waals surface area contributed by atoms with Crippen LogP contribution in [0.1, 0.15) is 32.3 Å². The lowest BCUT2D eigenvalue weighted by Gasteiger charge is -2.16. The SMILES string of the molecule is CCN(CC)CCC(=O)CCc1ccsc1. The Morgan fingerprint density at radius 1 is 1.31 bits per heavy atom. The number of Topliss-reactive ketones (excluding diaryl/α,β-unsaturated/α-hetero) is 1. The molecule has 2 nitrogen and oxygen atoms in total. The van der Waals surface area contributed by atoms with Crippen molar-refractivity contribution in [2.75, 3.05) is 19.6 Å². The molecule has 0 radical (unpaired) electrons. The summed E-state index contributed by atoms with van der Waals surface area (Å²) in [4.78, 5) is 13.9. The summed E-state index contributed by atoms with van der Waals surface area (Å²) in [6, 6.07) is 2.10. The van der Waals surface area contributed by atoms with E-state index in [0.29, 0.717) is 18.6 Å². The summed E-state index contributed by atoms with van der Waals surface area (Å²) >= 11 is 1.70. The van der Waals surface area contributed by atoms with Gasteiger partial charge in [0.05, 0.1) is 0 Å². The smallest absolute Gasteiger partial charge is 0.134 e. The molecule has 0 aliphatic rings. The van der Waals surface area contributed by atoms with Crippen LogP contribution in [0.2, 0.25) is 0 Å². The Bertz CT molecular complexity index is 291. The molecule has 0 fully saturated rings. The van der Waals surface area contributed by atoms with Crippen molar-refractivity contribution in [1.82, 2.24) is 4.90 Å². The molecule has 1 heterocycles. The van der Waals surface area contributed by atoms with Gasteiger partial charge in [-0.15, -0.1) is 0 Å². The van der Waals surface area contributed by atoms with Gasteiger partial charge in [0, 0.05) is 19.4 Å². The van der Waals surface area contributed by atoms with Crippen molar-refractivity contribution in [3.8, 4) is 0 Å². The molecule has 0 aromatic carbocycles. The maximum absolute atomic E-state index is 11.7. The number of nitrogens with zero attached hydrogens (tertiary/aromatic N) is 1. The second-order valence-corrected chi connectivity index (χ2v) is 4.73. The zero-order valence-electron chi connectivity index (χ0n) is 10.2. The van der Waals surface area contributed by atoms with Crippen LogP contribution in [-0.2, 0) is 11.2 Å². The van der Waals surface area contributed by atoms with Gasteiger partial charge in [-0.05, 0) is 41.9 Å². The van der Waals surface area contributed by atoms with Gasteiger partial charge in [-0.2, -0.15) is 11.3 Å². The van der Waals surface area contributed by atoms with E-state index in [4.69, 9.17) is 0 Å². The lowest BCUT2D eigenvalue weighted by Crippen LogP contribution is -2.25. The second-order valence-electron chi connectivity index (χ2n) is 3.95. The molecule has 0 saturated heterocycles. The van der Waals surface area contributed by atoms with E-state index >= 15 is 0 Å². The molecule has 0 unspecified atom stereocenters. The van der Waals surface area contributed by atoms with E-state index in [9.17, 15) is 4.79 Å². The zero-order chi connectivity index (χ0) is 11.8. The van der Waals surface area contributed by atoms with Crippen LogP contribution in [0.25, 0.3) is 0 Å². The highest BCUT2D eigenvalue weighted by Gasteiger charge is 2.05. The maximum Gasteiger partial charge on any atom is 0.134 e. The number of ketones is 1. The topological polar surface area (TPSA) is 20.3 Å². The first-order valence-electron chi connectivity index (χ1n) is 6.01. The fourth-order valence-electron chi connectivity index (χ4n) is 1.67. The number of rotatable bonds is 8. The first kappa shape index (κ1) is 13.4. The molecule has 0 spiro atoms. The van der Waals surface area contributed by atoms with Crippen molar-refractivity contribution in [3.05, 3.63) is 22.4 Å². The summed E-state index contributed by atoms with van der Waals surface area (Å²) in [5, 5.41) is 4.19. The predicted molar refractivity (Wildman–Crippen MR) is 70.1 cm³/mol. The standard InChI is InChI=1S/C13H21NOS/c1-3-14(4-2)9-7-13(15)6-5-12-8-10-16-11-12/h8,10-11H,3-7,9H2,1-2H3. The van der Waals surface area contributed by atoms with Crippen LogP contribution in [0.3, 0.4) is 0 Å². The van der Waals surface area contributed by atoms with E-state index in [-0.39, 0.29) is 0 Å². The van der Waals surface area contributed by atoms with Crippen LogP contribution in [0.5, 0.6) is 0 Å². The van der Waals surface area contributed by atoms with E-state index < -0.39 is 0 Å². The van der Waals surface area contributed by atoms with E-state index in [0.717, 1.165) is 26.1 Å². The van der Waals surface area contributed by atoms with E-state index in [2.05, 4.69) is 35.6 Å². The number of aryl methyl sites for hydroxylation is 1. The van der Waals surface area contributed by atoms with Crippen LogP contribution in [0, 0.1) is 0 Å². The summed E-state index contributed by atoms with van der Waals surface area (Å²) in [5.41, 5.74) is 1.29. The molecule has 1 aromatic rings. The highest BCUT2D eigenvalue weighted by atomic mass is 32.1. The van der Waals surface area contributed by atoms with Gasteiger partial charge in [-0.3, -0.25) is 4.79 Å². The maximum atomic E-state index is 11.7. The molecule has 90 valence electrons. The number of thiophene rings is 1. The molecule has 0 aliphatic carbocycles. The van der Waals surface area contributed by atoms with Crippen LogP contribution < -0.4 is 0 Å². The lowest BCUT2D eigenvalue weighted by atomic mass is 10.1. The average molecular weight is 239 g/mol. The van der Waals surface area contributed by atoms with Gasteiger partial charge in [-0.25, -0.2) is 0 Å². The Labute approximate surface area is 102 Å². The quantitative estimate of drug-likeness (QED) is 0.695. The molecule has 16 heavy (non-hydrogen) atoms. The third kappa shape index (κ3) is 4.90. The van der Waals surface area contributed by atoms with Crippen LogP contribution >= 0.6 is 11.3 Å². The third-order valence-corrected chi connectivity index (χ3v) is 3.61. The van der Waals surface area contributed by atoms with E-state index in [1.165, 1.54) is 5.56 Å². The Balaban J connectivity index is 2.16. The normalized spacial score (nSPS) is 10.9. The molecule has 0 saturated carbocycles. The summed E-state index contributed by atoms with van der Waals surface area (Å²) in [6.45, 7) is 7.26. The summed E-state index contributed by atoms with van der Waals surface area (Å²) in [6.07, 6.45) is 2.30. The van der Waals surface area contributed by atoms with Crippen molar-refractivity contribution in [3.63, 3.8) is 0 Å². The highest BCUT2D eigenvalue weighted by molar-refractivity contribution is 7.07. The summed E-state index contributed by atoms with van der Waals surface area (Å²) < 4.78 is 0. The molecule has 0 bridgehead atoms. The van der Waals surface area contributed by atoms with Gasteiger partial charge in [0.2, 0.25) is 0 Å². The van der Waals surface area contributed by atoms with E-state index in [1.54, 1.807) is 11.3 Å². The molecular weight excluding hydrogens is 218 g/mol. The van der Waals surface area contributed by atoms with Crippen molar-refractivity contribution >= 4 is 17.1 Å². The minimum atomic E-state index is 0.387. The Morgan fingerprint density at radius 2 is 2.06 bits per heavy atom. The Hall–Kier alpha value is -0.670. The van der Waals surface area contributed by atoms with Gasteiger partial charge in [0.1, 0.15) is 5.78 Å². The third-order valence-electron chi connectivity index (χ3n) is 2.87. The van der Waals surface area contributed by atoms with Crippen molar-refractivity contribution in [1.29, 1.82) is 0 Å². The number of hydrogen-bond donors (Lipinski definition) is 0. The Morgan fingerprint density at radius 3 is 2.62 bits per heavy atom. The van der Waals surface area contributed by atoms with Gasteiger partial charge < -0.3 is 4.90 Å². The monoisotopic (exact) mass is 239 g/mol. The van der Waals surface area contributed by atoms with Crippen LogP contribution in [-0.4, -0.2) is 30.3 Å². The second kappa shape index (κ2) is 7.58. The molecule has 0 N–H and O–H groups in total. The number of carbonyl (C=O) groups excluding carboxylic acids is 1. The number of hydrogen-bond acceptors (Lipinski definition) is 3. The van der Waals surface area contributed by atoms with Crippen LogP contribution in [0.15, 0.2) is 16.8 Å². The molecule has 0 amide bonds. The molecular formula is C13H21NOS. The highest BCUT2D eigenvalue weighted by Crippen LogP contribution is 2.09. The van der Waals surface area contributed by atoms with Gasteiger partial charge in [0.15, 0.2) is 0 Å². The zero-order valence-corrected chi connectivity index (χ0v) is 11.1. The predicted octanol–water partition coefficient (Wildman–Crippen LogP) is 2.98. The fraction of sp³-hybridized carbons (Fsp3) is 0.615. The Kier molecular flexibility index (Phi) is 6.34. The first-order chi connectivity index (χ1) is 7.76. The summed E-state index contributed by atoms with van der Waals surface area (Å²) in [7, 11) is 0. The molecule has 0 aliphatic heterocycles. The van der Waals surface area contributed by atoms with Crippen molar-refractivity contribution in [2.24, 2.45) is 0 Å². The average Bonchev–Trinajstić information content (AvgIpc) is 2.80. The summed E-state index contributed by atoms with van der Waals surface area (Å²) in [5.74, 6) is 0.387. The number of carbonyl (C=O) groups is 1. The van der Waals surface area contributed by atoms with Crippen molar-refractivity contribution < 1.29 is 4.79 Å². The largest absolute Gasteiger partial charge is 0.303 e. The van der Waals surface area contributed by atoms with E-state index in [1.807, 2.05) is 0 Å². The minimum Gasteiger partial charge on any atom is -0.303 e. The van der Waals surface area contributed by atoms with Crippen LogP contribution in [0.4, 0.5) is 0 Å².